The van der Waals surface area contributed by atoms with E-state index >= 15 is 0 Å². The summed E-state index contributed by atoms with van der Waals surface area (Å²) in [5.41, 5.74) is 1.99. The summed E-state index contributed by atoms with van der Waals surface area (Å²) in [7, 11) is -4.27. The zero-order valence-electron chi connectivity index (χ0n) is 25.1. The van der Waals surface area contributed by atoms with Crippen LogP contribution in [0.25, 0.3) is 0 Å². The Kier molecular flexibility index (Phi) is 9.23. The molecule has 1 atom stereocenters. The summed E-state index contributed by atoms with van der Waals surface area (Å²) in [6.45, 7) is 5.87. The molecule has 0 bridgehead atoms. The molecule has 0 saturated carbocycles. The van der Waals surface area contributed by atoms with Crippen LogP contribution in [0.1, 0.15) is 76.9 Å². The Bertz CT molecular complexity index is 1890. The normalized spacial score (nSPS) is 12.9. The third-order valence-corrected chi connectivity index (χ3v) is 8.39. The second-order valence-corrected chi connectivity index (χ2v) is 12.3. The van der Waals surface area contributed by atoms with Crippen LogP contribution in [0.2, 0.25) is 0 Å². The average molecular weight is 650 g/mol. The minimum absolute atomic E-state index is 0.00709. The summed E-state index contributed by atoms with van der Waals surface area (Å²) in [5, 5.41) is 17.3. The van der Waals surface area contributed by atoms with E-state index in [2.05, 4.69) is 25.2 Å². The zero-order valence-corrected chi connectivity index (χ0v) is 25.9. The number of amides is 2. The monoisotopic (exact) mass is 649 g/mol. The third kappa shape index (κ3) is 7.10. The van der Waals surface area contributed by atoms with Crippen LogP contribution in [-0.4, -0.2) is 53.3 Å². The molecule has 1 unspecified atom stereocenters. The van der Waals surface area contributed by atoms with Gasteiger partial charge in [-0.05, 0) is 65.9 Å². The van der Waals surface area contributed by atoms with E-state index in [0.717, 1.165) is 5.56 Å². The topological polar surface area (TPSA) is 199 Å². The van der Waals surface area contributed by atoms with E-state index in [4.69, 9.17) is 19.3 Å². The summed E-state index contributed by atoms with van der Waals surface area (Å²) in [6, 6.07) is 15.5. The van der Waals surface area contributed by atoms with E-state index in [1.807, 2.05) is 20.8 Å². The van der Waals surface area contributed by atoms with Gasteiger partial charge in [0.25, 0.3) is 21.8 Å². The predicted octanol–water partition coefficient (Wildman–Crippen LogP) is 4.19. The van der Waals surface area contributed by atoms with Gasteiger partial charge in [-0.3, -0.25) is 20.0 Å². The van der Waals surface area contributed by atoms with Gasteiger partial charge >= 0.3 is 5.97 Å². The van der Waals surface area contributed by atoms with E-state index < -0.39 is 39.7 Å². The van der Waals surface area contributed by atoms with Crippen LogP contribution >= 0.6 is 0 Å². The predicted molar refractivity (Wildman–Crippen MR) is 164 cm³/mol. The molecule has 1 aliphatic heterocycles. The highest BCUT2D eigenvalue weighted by Crippen LogP contribution is 2.36. The number of aromatic carboxylic acids is 1. The number of sulfonamides is 1. The number of aryl methyl sites for hydroxylation is 1. The maximum Gasteiger partial charge on any atom is 0.373 e. The number of aromatic amines is 1. The van der Waals surface area contributed by atoms with Gasteiger partial charge in [0.2, 0.25) is 24.7 Å². The van der Waals surface area contributed by atoms with Gasteiger partial charge in [-0.15, -0.1) is 5.10 Å². The molecule has 5 rings (SSSR count). The van der Waals surface area contributed by atoms with Crippen molar-refractivity contribution in [2.45, 2.75) is 50.5 Å². The number of carbonyl (C=O) groups is 3. The van der Waals surface area contributed by atoms with Crippen molar-refractivity contribution in [3.05, 3.63) is 88.7 Å². The van der Waals surface area contributed by atoms with Gasteiger partial charge in [0.15, 0.2) is 11.5 Å². The molecule has 3 aromatic carbocycles. The lowest BCUT2D eigenvalue weighted by molar-refractivity contribution is -0.126. The van der Waals surface area contributed by atoms with Crippen molar-refractivity contribution in [3.63, 3.8) is 0 Å². The van der Waals surface area contributed by atoms with Gasteiger partial charge in [0.05, 0.1) is 4.90 Å². The zero-order chi connectivity index (χ0) is 33.0. The summed E-state index contributed by atoms with van der Waals surface area (Å²) in [5.74, 6) is -2.30. The van der Waals surface area contributed by atoms with Gasteiger partial charge in [0, 0.05) is 11.1 Å². The number of ether oxygens (including phenoxy) is 3. The van der Waals surface area contributed by atoms with Gasteiger partial charge in [-0.2, -0.15) is 4.98 Å². The number of rotatable bonds is 12. The summed E-state index contributed by atoms with van der Waals surface area (Å²) >= 11 is 0. The molecule has 2 amide bonds. The van der Waals surface area contributed by atoms with Crippen LogP contribution in [0.15, 0.2) is 65.6 Å². The number of benzene rings is 3. The molecule has 240 valence electrons. The number of nitrogens with one attached hydrogen (secondary N) is 3. The fraction of sp³-hybridized carbons (Fsp3) is 0.258. The lowest BCUT2D eigenvalue weighted by Crippen LogP contribution is -2.37. The fourth-order valence-corrected chi connectivity index (χ4v) is 5.62. The van der Waals surface area contributed by atoms with E-state index in [1.54, 1.807) is 36.4 Å². The summed E-state index contributed by atoms with van der Waals surface area (Å²) in [4.78, 5) is 41.3. The standard InChI is InChI=1S/C31H31N5O9S/c1-4-5-19-14-21(28(37)33-31-32-27(30(39)40)34-35-31)9-12-23(19)45-26(20-8-13-24-25(15-20)44-16-43-24)29(38)36-46(41,42)22-10-6-18(7-11-22)17(2)3/h6-15,17,26H,4-5,16H2,1-3H3,(H,36,38)(H,39,40)(H2,32,33,34,35,37). The van der Waals surface area contributed by atoms with Crippen LogP contribution in [0.5, 0.6) is 17.2 Å². The average Bonchev–Trinajstić information content (AvgIpc) is 3.70. The SMILES string of the molecule is CCCc1cc(C(=O)Nc2n[nH]c(C(=O)O)n2)ccc1OC(C(=O)NS(=O)(=O)c1ccc(C(C)C)cc1)c1ccc2c(c1)OCO2. The van der Waals surface area contributed by atoms with E-state index in [9.17, 15) is 22.8 Å². The van der Waals surface area contributed by atoms with Crippen LogP contribution in [0.3, 0.4) is 0 Å². The smallest absolute Gasteiger partial charge is 0.373 e. The number of carboxylic acids is 1. The Hall–Kier alpha value is -5.44. The molecule has 1 aromatic heterocycles. The maximum atomic E-state index is 13.7. The number of carbonyl (C=O) groups excluding carboxylic acids is 2. The van der Waals surface area contributed by atoms with Gasteiger partial charge in [-0.1, -0.05) is 45.4 Å². The van der Waals surface area contributed by atoms with Gasteiger partial charge in [-0.25, -0.2) is 17.9 Å². The van der Waals surface area contributed by atoms with Crippen molar-refractivity contribution in [3.8, 4) is 17.2 Å². The molecule has 0 fully saturated rings. The van der Waals surface area contributed by atoms with Crippen molar-refractivity contribution >= 4 is 33.8 Å². The van der Waals surface area contributed by atoms with E-state index in [1.165, 1.54) is 24.3 Å². The molecule has 1 aliphatic rings. The number of hydrogen-bond donors (Lipinski definition) is 4. The first-order valence-electron chi connectivity index (χ1n) is 14.3. The van der Waals surface area contributed by atoms with Crippen LogP contribution in [0, 0.1) is 0 Å². The van der Waals surface area contributed by atoms with Crippen LogP contribution in [-0.2, 0) is 21.2 Å². The summed E-state index contributed by atoms with van der Waals surface area (Å²) in [6.07, 6.45) is -0.362. The number of carboxylic acid groups (broad SMARTS) is 1. The van der Waals surface area contributed by atoms with Crippen molar-refractivity contribution in [2.24, 2.45) is 0 Å². The molecule has 0 saturated heterocycles. The highest BCUT2D eigenvalue weighted by Gasteiger charge is 2.30. The minimum Gasteiger partial charge on any atom is -0.475 e. The largest absolute Gasteiger partial charge is 0.475 e. The number of hydrogen-bond acceptors (Lipinski definition) is 10. The third-order valence-electron chi connectivity index (χ3n) is 7.03. The van der Waals surface area contributed by atoms with Crippen molar-refractivity contribution in [1.82, 2.24) is 19.9 Å². The Morgan fingerprint density at radius 1 is 1.00 bits per heavy atom. The lowest BCUT2D eigenvalue weighted by atomic mass is 10.0. The first kappa shape index (κ1) is 32.0. The van der Waals surface area contributed by atoms with Gasteiger partial charge in [0.1, 0.15) is 5.75 Å². The second-order valence-electron chi connectivity index (χ2n) is 10.6. The first-order valence-corrected chi connectivity index (χ1v) is 15.8. The molecule has 0 aliphatic carbocycles. The molecule has 4 aromatic rings. The molecule has 0 radical (unpaired) electrons. The molecule has 46 heavy (non-hydrogen) atoms. The lowest BCUT2D eigenvalue weighted by Gasteiger charge is -2.22. The second kappa shape index (κ2) is 13.3. The molecular formula is C31H31N5O9S. The fourth-order valence-electron chi connectivity index (χ4n) is 4.64. The Labute approximate surface area is 264 Å². The maximum absolute atomic E-state index is 13.7. The quantitative estimate of drug-likeness (QED) is 0.172. The number of nitrogens with zero attached hydrogens (tertiary/aromatic N) is 2. The molecule has 15 heteroatoms. The van der Waals surface area contributed by atoms with Crippen molar-refractivity contribution in [1.29, 1.82) is 0 Å². The van der Waals surface area contributed by atoms with Gasteiger partial charge < -0.3 is 19.3 Å². The van der Waals surface area contributed by atoms with E-state index in [-0.39, 0.29) is 34.9 Å². The Morgan fingerprint density at radius 2 is 1.72 bits per heavy atom. The first-order chi connectivity index (χ1) is 21.9. The number of H-pyrrole nitrogens is 1. The molecule has 14 nitrogen and oxygen atoms in total. The van der Waals surface area contributed by atoms with Crippen LogP contribution < -0.4 is 24.2 Å². The molecular weight excluding hydrogens is 618 g/mol. The number of aromatic nitrogens is 3. The molecule has 4 N–H and O–H groups in total. The molecule has 2 heterocycles. The van der Waals surface area contributed by atoms with Crippen molar-refractivity contribution < 1.29 is 42.1 Å². The Morgan fingerprint density at radius 3 is 2.39 bits per heavy atom. The van der Waals surface area contributed by atoms with Crippen molar-refractivity contribution in [2.75, 3.05) is 12.1 Å². The molecule has 0 spiro atoms. The highest BCUT2D eigenvalue weighted by molar-refractivity contribution is 7.90. The van der Waals surface area contributed by atoms with Crippen LogP contribution in [0.4, 0.5) is 5.95 Å². The summed E-state index contributed by atoms with van der Waals surface area (Å²) < 4.78 is 45.7. The highest BCUT2D eigenvalue weighted by atomic mass is 32.2. The minimum atomic E-state index is -4.27. The Balaban J connectivity index is 1.44. The number of anilines is 1. The van der Waals surface area contributed by atoms with E-state index in [0.29, 0.717) is 35.5 Å². The number of fused-ring (bicyclic) bond motifs is 1.